The van der Waals surface area contributed by atoms with Crippen LogP contribution in [-0.4, -0.2) is 31.7 Å². The van der Waals surface area contributed by atoms with Crippen LogP contribution in [-0.2, 0) is 9.53 Å². The zero-order valence-corrected chi connectivity index (χ0v) is 12.3. The minimum Gasteiger partial charge on any atom is -0.377 e. The van der Waals surface area contributed by atoms with Crippen LogP contribution in [0.2, 0.25) is 5.02 Å². The third-order valence-corrected chi connectivity index (χ3v) is 3.56. The number of ether oxygens (including phenoxy) is 1. The zero-order valence-electron chi connectivity index (χ0n) is 11.5. The average Bonchev–Trinajstić information content (AvgIpc) is 2.91. The van der Waals surface area contributed by atoms with E-state index in [1.54, 1.807) is 18.2 Å². The van der Waals surface area contributed by atoms with Crippen molar-refractivity contribution in [2.75, 3.05) is 25.0 Å². The number of carbonyl (C=O) groups is 1. The van der Waals surface area contributed by atoms with Crippen LogP contribution in [0.15, 0.2) is 24.3 Å². The van der Waals surface area contributed by atoms with Gasteiger partial charge in [-0.15, -0.1) is 0 Å². The molecular formula is C15H21ClN2O2. The molecule has 1 aliphatic rings. The van der Waals surface area contributed by atoms with Gasteiger partial charge in [-0.05, 0) is 31.0 Å². The van der Waals surface area contributed by atoms with E-state index in [2.05, 4.69) is 10.6 Å². The summed E-state index contributed by atoms with van der Waals surface area (Å²) in [6, 6.07) is 7.12. The third kappa shape index (κ3) is 5.49. The summed E-state index contributed by atoms with van der Waals surface area (Å²) in [5, 5.41) is 6.47. The van der Waals surface area contributed by atoms with E-state index >= 15 is 0 Å². The number of nitrogens with one attached hydrogen (secondary N) is 2. The number of rotatable bonds is 7. The second-order valence-electron chi connectivity index (χ2n) is 5.01. The van der Waals surface area contributed by atoms with E-state index in [-0.39, 0.29) is 12.5 Å². The standard InChI is InChI=1S/C15H21ClN2O2/c16-12-4-3-5-13(10-12)18-15(19)11-17-8-9-20-14-6-1-2-7-14/h3-5,10,14,17H,1-2,6-9,11H2,(H,18,19). The van der Waals surface area contributed by atoms with Crippen molar-refractivity contribution in [2.24, 2.45) is 0 Å². The lowest BCUT2D eigenvalue weighted by molar-refractivity contribution is -0.115. The molecule has 2 N–H and O–H groups in total. The first-order chi connectivity index (χ1) is 9.74. The zero-order chi connectivity index (χ0) is 14.2. The summed E-state index contributed by atoms with van der Waals surface area (Å²) in [7, 11) is 0. The van der Waals surface area contributed by atoms with Crippen LogP contribution < -0.4 is 10.6 Å². The molecule has 5 heteroatoms. The lowest BCUT2D eigenvalue weighted by atomic mass is 10.3. The molecular weight excluding hydrogens is 276 g/mol. The Morgan fingerprint density at radius 2 is 2.15 bits per heavy atom. The maximum absolute atomic E-state index is 11.7. The lowest BCUT2D eigenvalue weighted by Gasteiger charge is -2.11. The summed E-state index contributed by atoms with van der Waals surface area (Å²) in [4.78, 5) is 11.7. The highest BCUT2D eigenvalue weighted by Crippen LogP contribution is 2.20. The fraction of sp³-hybridized carbons (Fsp3) is 0.533. The van der Waals surface area contributed by atoms with Crippen LogP contribution in [0.3, 0.4) is 0 Å². The summed E-state index contributed by atoms with van der Waals surface area (Å²) < 4.78 is 5.71. The Hall–Kier alpha value is -1.10. The van der Waals surface area contributed by atoms with Gasteiger partial charge in [0.25, 0.3) is 0 Å². The van der Waals surface area contributed by atoms with Gasteiger partial charge in [-0.2, -0.15) is 0 Å². The summed E-state index contributed by atoms with van der Waals surface area (Å²) in [6.07, 6.45) is 5.34. The van der Waals surface area contributed by atoms with Gasteiger partial charge in [-0.1, -0.05) is 30.5 Å². The molecule has 0 saturated heterocycles. The van der Waals surface area contributed by atoms with Gasteiger partial charge in [-0.25, -0.2) is 0 Å². The number of halogens is 1. The van der Waals surface area contributed by atoms with Crippen molar-refractivity contribution in [3.8, 4) is 0 Å². The lowest BCUT2D eigenvalue weighted by Crippen LogP contribution is -2.31. The molecule has 0 heterocycles. The first kappa shape index (κ1) is 15.3. The van der Waals surface area contributed by atoms with Crippen LogP contribution >= 0.6 is 11.6 Å². The topological polar surface area (TPSA) is 50.4 Å². The van der Waals surface area contributed by atoms with E-state index in [0.29, 0.717) is 30.0 Å². The normalized spacial score (nSPS) is 15.4. The van der Waals surface area contributed by atoms with Gasteiger partial charge >= 0.3 is 0 Å². The first-order valence-electron chi connectivity index (χ1n) is 7.12. The highest BCUT2D eigenvalue weighted by molar-refractivity contribution is 6.30. The Morgan fingerprint density at radius 3 is 2.90 bits per heavy atom. The summed E-state index contributed by atoms with van der Waals surface area (Å²) in [6.45, 7) is 1.63. The fourth-order valence-corrected chi connectivity index (χ4v) is 2.52. The van der Waals surface area contributed by atoms with Crippen molar-refractivity contribution in [3.63, 3.8) is 0 Å². The predicted octanol–water partition coefficient (Wildman–Crippen LogP) is 2.83. The number of amides is 1. The summed E-state index contributed by atoms with van der Waals surface area (Å²) in [5.74, 6) is -0.0758. The molecule has 110 valence electrons. The number of anilines is 1. The number of hydrogen-bond acceptors (Lipinski definition) is 3. The molecule has 1 amide bonds. The third-order valence-electron chi connectivity index (χ3n) is 3.33. The minimum atomic E-state index is -0.0758. The second-order valence-corrected chi connectivity index (χ2v) is 5.45. The van der Waals surface area contributed by atoms with E-state index in [1.165, 1.54) is 25.7 Å². The molecule has 4 nitrogen and oxygen atoms in total. The quantitative estimate of drug-likeness (QED) is 0.761. The van der Waals surface area contributed by atoms with E-state index in [0.717, 1.165) is 0 Å². The highest BCUT2D eigenvalue weighted by Gasteiger charge is 2.14. The average molecular weight is 297 g/mol. The van der Waals surface area contributed by atoms with Gasteiger partial charge in [0, 0.05) is 17.3 Å². The number of hydrogen-bond donors (Lipinski definition) is 2. The van der Waals surface area contributed by atoms with Crippen molar-refractivity contribution in [1.29, 1.82) is 0 Å². The molecule has 0 bridgehead atoms. The van der Waals surface area contributed by atoms with E-state index in [4.69, 9.17) is 16.3 Å². The summed E-state index contributed by atoms with van der Waals surface area (Å²) >= 11 is 5.85. The van der Waals surface area contributed by atoms with E-state index < -0.39 is 0 Å². The van der Waals surface area contributed by atoms with Gasteiger partial charge in [0.05, 0.1) is 19.3 Å². The Kier molecular flexibility index (Phi) is 6.30. The molecule has 2 rings (SSSR count). The predicted molar refractivity (Wildman–Crippen MR) is 81.2 cm³/mol. The van der Waals surface area contributed by atoms with Gasteiger partial charge in [-0.3, -0.25) is 4.79 Å². The number of carbonyl (C=O) groups excluding carboxylic acids is 1. The van der Waals surface area contributed by atoms with Gasteiger partial charge in [0.2, 0.25) is 5.91 Å². The maximum atomic E-state index is 11.7. The molecule has 20 heavy (non-hydrogen) atoms. The Morgan fingerprint density at radius 1 is 1.35 bits per heavy atom. The largest absolute Gasteiger partial charge is 0.377 e. The van der Waals surface area contributed by atoms with Crippen LogP contribution in [0.25, 0.3) is 0 Å². The SMILES string of the molecule is O=C(CNCCOC1CCCC1)Nc1cccc(Cl)c1. The molecule has 0 unspecified atom stereocenters. The fourth-order valence-electron chi connectivity index (χ4n) is 2.33. The van der Waals surface area contributed by atoms with Gasteiger partial charge in [0.1, 0.15) is 0 Å². The van der Waals surface area contributed by atoms with Crippen LogP contribution in [0.4, 0.5) is 5.69 Å². The monoisotopic (exact) mass is 296 g/mol. The Balaban J connectivity index is 1.55. The molecule has 1 fully saturated rings. The smallest absolute Gasteiger partial charge is 0.238 e. The molecule has 1 aromatic rings. The van der Waals surface area contributed by atoms with Crippen molar-refractivity contribution in [1.82, 2.24) is 5.32 Å². The maximum Gasteiger partial charge on any atom is 0.238 e. The van der Waals surface area contributed by atoms with Crippen molar-refractivity contribution >= 4 is 23.2 Å². The molecule has 1 aliphatic carbocycles. The molecule has 0 radical (unpaired) electrons. The molecule has 1 aromatic carbocycles. The molecule has 0 aromatic heterocycles. The Bertz CT molecular complexity index is 434. The highest BCUT2D eigenvalue weighted by atomic mass is 35.5. The molecule has 0 aliphatic heterocycles. The van der Waals surface area contributed by atoms with Crippen molar-refractivity contribution in [3.05, 3.63) is 29.3 Å². The molecule has 1 saturated carbocycles. The van der Waals surface area contributed by atoms with Crippen molar-refractivity contribution < 1.29 is 9.53 Å². The van der Waals surface area contributed by atoms with Crippen molar-refractivity contribution in [2.45, 2.75) is 31.8 Å². The number of benzene rings is 1. The first-order valence-corrected chi connectivity index (χ1v) is 7.49. The van der Waals surface area contributed by atoms with Gasteiger partial charge < -0.3 is 15.4 Å². The van der Waals surface area contributed by atoms with E-state index in [9.17, 15) is 4.79 Å². The van der Waals surface area contributed by atoms with Gasteiger partial charge in [0.15, 0.2) is 0 Å². The Labute approximate surface area is 124 Å². The van der Waals surface area contributed by atoms with Crippen LogP contribution in [0.1, 0.15) is 25.7 Å². The van der Waals surface area contributed by atoms with Crippen LogP contribution in [0, 0.1) is 0 Å². The minimum absolute atomic E-state index is 0.0758. The molecule has 0 atom stereocenters. The van der Waals surface area contributed by atoms with Crippen LogP contribution in [0.5, 0.6) is 0 Å². The second kappa shape index (κ2) is 8.25. The van der Waals surface area contributed by atoms with E-state index in [1.807, 2.05) is 6.07 Å². The summed E-state index contributed by atoms with van der Waals surface area (Å²) in [5.41, 5.74) is 0.714. The molecule has 0 spiro atoms.